The van der Waals surface area contributed by atoms with E-state index in [0.717, 1.165) is 19.3 Å². The van der Waals surface area contributed by atoms with Crippen LogP contribution in [-0.2, 0) is 19.3 Å². The summed E-state index contributed by atoms with van der Waals surface area (Å²) in [6.45, 7) is 4.40. The molecule has 0 spiro atoms. The maximum absolute atomic E-state index is 4.23. The highest BCUT2D eigenvalue weighted by Gasteiger charge is 2.14. The largest absolute Gasteiger partial charge is 0.313 e. The van der Waals surface area contributed by atoms with Crippen molar-refractivity contribution in [1.29, 1.82) is 0 Å². The van der Waals surface area contributed by atoms with E-state index in [4.69, 9.17) is 0 Å². The maximum atomic E-state index is 4.23. The predicted octanol–water partition coefficient (Wildman–Crippen LogP) is 3.77. The predicted molar refractivity (Wildman–Crippen MR) is 82.8 cm³/mol. The summed E-state index contributed by atoms with van der Waals surface area (Å²) in [5, 5.41) is 3.45. The molecule has 0 saturated heterocycles. The molecule has 1 atom stereocenters. The first kappa shape index (κ1) is 14.2. The molecule has 102 valence electrons. The Bertz CT molecular complexity index is 519. The summed E-state index contributed by atoms with van der Waals surface area (Å²) in [6.07, 6.45) is 7.10. The van der Waals surface area contributed by atoms with Crippen LogP contribution >= 0.6 is 11.3 Å². The van der Waals surface area contributed by atoms with Crippen LogP contribution in [0.1, 0.15) is 40.8 Å². The Morgan fingerprint density at radius 1 is 1.16 bits per heavy atom. The summed E-state index contributed by atoms with van der Waals surface area (Å²) < 4.78 is 0. The van der Waals surface area contributed by atoms with E-state index in [1.54, 1.807) is 0 Å². The molecule has 2 aromatic rings. The van der Waals surface area contributed by atoms with E-state index in [2.05, 4.69) is 42.3 Å². The van der Waals surface area contributed by atoms with Crippen molar-refractivity contribution in [2.24, 2.45) is 0 Å². The molecular formula is C16H22N2S. The van der Waals surface area contributed by atoms with Gasteiger partial charge in [-0.3, -0.25) is 4.98 Å². The standard InChI is InChI=1S/C16H22N2S/c1-4-12-11-18-9-8-15(12)16(17-3)10-14-7-6-13(5-2)19-14/h6-9,11,16-17H,4-5,10H2,1-3H3. The monoisotopic (exact) mass is 274 g/mol. The molecule has 19 heavy (non-hydrogen) atoms. The number of rotatable bonds is 6. The van der Waals surface area contributed by atoms with Crippen LogP contribution in [0.15, 0.2) is 30.6 Å². The van der Waals surface area contributed by atoms with Gasteiger partial charge in [-0.1, -0.05) is 13.8 Å². The van der Waals surface area contributed by atoms with Gasteiger partial charge in [0, 0.05) is 34.6 Å². The van der Waals surface area contributed by atoms with Gasteiger partial charge in [0.1, 0.15) is 0 Å². The van der Waals surface area contributed by atoms with Crippen LogP contribution in [0.25, 0.3) is 0 Å². The van der Waals surface area contributed by atoms with Crippen LogP contribution in [-0.4, -0.2) is 12.0 Å². The van der Waals surface area contributed by atoms with Gasteiger partial charge in [-0.25, -0.2) is 0 Å². The van der Waals surface area contributed by atoms with Gasteiger partial charge in [-0.2, -0.15) is 0 Å². The summed E-state index contributed by atoms with van der Waals surface area (Å²) in [6, 6.07) is 7.04. The number of aromatic nitrogens is 1. The van der Waals surface area contributed by atoms with Crippen molar-refractivity contribution in [2.75, 3.05) is 7.05 Å². The van der Waals surface area contributed by atoms with Crippen LogP contribution in [0.4, 0.5) is 0 Å². The molecule has 0 aliphatic carbocycles. The first-order chi connectivity index (χ1) is 9.28. The summed E-state index contributed by atoms with van der Waals surface area (Å²) in [7, 11) is 2.04. The second kappa shape index (κ2) is 6.83. The lowest BCUT2D eigenvalue weighted by Gasteiger charge is -2.18. The maximum Gasteiger partial charge on any atom is 0.0370 e. The molecule has 0 aliphatic heterocycles. The molecule has 0 aliphatic rings. The highest BCUT2D eigenvalue weighted by Crippen LogP contribution is 2.25. The second-order valence-electron chi connectivity index (χ2n) is 4.70. The van der Waals surface area contributed by atoms with Gasteiger partial charge < -0.3 is 5.32 Å². The Morgan fingerprint density at radius 3 is 2.58 bits per heavy atom. The molecule has 0 bridgehead atoms. The smallest absolute Gasteiger partial charge is 0.0370 e. The second-order valence-corrected chi connectivity index (χ2v) is 5.95. The Hall–Kier alpha value is -1.19. The van der Waals surface area contributed by atoms with Crippen molar-refractivity contribution in [3.05, 3.63) is 51.5 Å². The van der Waals surface area contributed by atoms with Crippen molar-refractivity contribution in [2.45, 2.75) is 39.2 Å². The number of aryl methyl sites for hydroxylation is 2. The van der Waals surface area contributed by atoms with Gasteiger partial charge in [-0.15, -0.1) is 11.3 Å². The van der Waals surface area contributed by atoms with E-state index < -0.39 is 0 Å². The fraction of sp³-hybridized carbons (Fsp3) is 0.438. The molecular weight excluding hydrogens is 252 g/mol. The first-order valence-corrected chi connectivity index (χ1v) is 7.77. The van der Waals surface area contributed by atoms with Gasteiger partial charge in [0.2, 0.25) is 0 Å². The molecule has 1 unspecified atom stereocenters. The van der Waals surface area contributed by atoms with Crippen molar-refractivity contribution < 1.29 is 0 Å². The van der Waals surface area contributed by atoms with Gasteiger partial charge in [0.25, 0.3) is 0 Å². The number of nitrogens with zero attached hydrogens (tertiary/aromatic N) is 1. The minimum atomic E-state index is 0.376. The summed E-state index contributed by atoms with van der Waals surface area (Å²) >= 11 is 1.93. The Balaban J connectivity index is 2.19. The molecule has 0 radical (unpaired) electrons. The van der Waals surface area contributed by atoms with Crippen molar-refractivity contribution in [3.8, 4) is 0 Å². The number of hydrogen-bond donors (Lipinski definition) is 1. The van der Waals surface area contributed by atoms with E-state index >= 15 is 0 Å². The zero-order chi connectivity index (χ0) is 13.7. The fourth-order valence-electron chi connectivity index (χ4n) is 2.36. The quantitative estimate of drug-likeness (QED) is 0.867. The fourth-order valence-corrected chi connectivity index (χ4v) is 3.37. The van der Waals surface area contributed by atoms with E-state index in [-0.39, 0.29) is 0 Å². The van der Waals surface area contributed by atoms with E-state index in [1.807, 2.05) is 30.8 Å². The zero-order valence-electron chi connectivity index (χ0n) is 11.9. The van der Waals surface area contributed by atoms with Crippen LogP contribution in [0.3, 0.4) is 0 Å². The lowest BCUT2D eigenvalue weighted by Crippen LogP contribution is -2.20. The third-order valence-corrected chi connectivity index (χ3v) is 4.77. The van der Waals surface area contributed by atoms with E-state index in [0.29, 0.717) is 6.04 Å². The molecule has 2 rings (SSSR count). The Labute approximate surface area is 119 Å². The third kappa shape index (κ3) is 3.43. The van der Waals surface area contributed by atoms with Crippen LogP contribution < -0.4 is 5.32 Å². The number of pyridine rings is 1. The van der Waals surface area contributed by atoms with Crippen molar-refractivity contribution in [1.82, 2.24) is 10.3 Å². The molecule has 2 heterocycles. The van der Waals surface area contributed by atoms with Gasteiger partial charge in [0.05, 0.1) is 0 Å². The molecule has 1 N–H and O–H groups in total. The lowest BCUT2D eigenvalue weighted by molar-refractivity contribution is 0.590. The average Bonchev–Trinajstić information content (AvgIpc) is 2.92. The van der Waals surface area contributed by atoms with Gasteiger partial charge >= 0.3 is 0 Å². The van der Waals surface area contributed by atoms with Crippen LogP contribution in [0.2, 0.25) is 0 Å². The third-order valence-electron chi connectivity index (χ3n) is 3.52. The molecule has 0 aromatic carbocycles. The molecule has 0 fully saturated rings. The SMILES string of the molecule is CCc1ccc(CC(NC)c2ccncc2CC)s1. The lowest BCUT2D eigenvalue weighted by atomic mass is 9.98. The van der Waals surface area contributed by atoms with Crippen LogP contribution in [0, 0.1) is 0 Å². The van der Waals surface area contributed by atoms with Gasteiger partial charge in [-0.05, 0) is 49.2 Å². The number of thiophene rings is 1. The molecule has 2 nitrogen and oxygen atoms in total. The number of hydrogen-bond acceptors (Lipinski definition) is 3. The van der Waals surface area contributed by atoms with Crippen molar-refractivity contribution >= 4 is 11.3 Å². The molecule has 2 aromatic heterocycles. The summed E-state index contributed by atoms with van der Waals surface area (Å²) in [4.78, 5) is 7.15. The van der Waals surface area contributed by atoms with Crippen LogP contribution in [0.5, 0.6) is 0 Å². The highest BCUT2D eigenvalue weighted by molar-refractivity contribution is 7.11. The number of nitrogens with one attached hydrogen (secondary N) is 1. The van der Waals surface area contributed by atoms with Crippen molar-refractivity contribution in [3.63, 3.8) is 0 Å². The normalized spacial score (nSPS) is 12.6. The first-order valence-electron chi connectivity index (χ1n) is 6.96. The molecule has 0 amide bonds. The Kier molecular flexibility index (Phi) is 5.11. The summed E-state index contributed by atoms with van der Waals surface area (Å²) in [5.74, 6) is 0. The summed E-state index contributed by atoms with van der Waals surface area (Å²) in [5.41, 5.74) is 2.72. The molecule has 0 saturated carbocycles. The van der Waals surface area contributed by atoms with E-state index in [9.17, 15) is 0 Å². The molecule has 3 heteroatoms. The Morgan fingerprint density at radius 2 is 1.95 bits per heavy atom. The minimum absolute atomic E-state index is 0.376. The average molecular weight is 274 g/mol. The minimum Gasteiger partial charge on any atom is -0.313 e. The number of likely N-dealkylation sites (N-methyl/N-ethyl adjacent to an activating group) is 1. The zero-order valence-corrected chi connectivity index (χ0v) is 12.8. The topological polar surface area (TPSA) is 24.9 Å². The van der Waals surface area contributed by atoms with Gasteiger partial charge in [0.15, 0.2) is 0 Å². The highest BCUT2D eigenvalue weighted by atomic mass is 32.1. The van der Waals surface area contributed by atoms with E-state index in [1.165, 1.54) is 20.9 Å².